The van der Waals surface area contributed by atoms with Crippen LogP contribution in [0.5, 0.6) is 5.75 Å². The zero-order chi connectivity index (χ0) is 24.7. The minimum absolute atomic E-state index is 0.0549. The van der Waals surface area contributed by atoms with Gasteiger partial charge in [-0.2, -0.15) is 8.78 Å². The second kappa shape index (κ2) is 11.4. The van der Waals surface area contributed by atoms with Crippen LogP contribution in [0.1, 0.15) is 56.1 Å². The summed E-state index contributed by atoms with van der Waals surface area (Å²) in [6.45, 7) is 6.13. The molecule has 5 nitrogen and oxygen atoms in total. The van der Waals surface area contributed by atoms with Gasteiger partial charge in [0.2, 0.25) is 0 Å². The first-order valence-corrected chi connectivity index (χ1v) is 11.7. The van der Waals surface area contributed by atoms with E-state index in [1.165, 1.54) is 18.2 Å². The van der Waals surface area contributed by atoms with Gasteiger partial charge in [0.1, 0.15) is 5.75 Å². The van der Waals surface area contributed by atoms with Crippen molar-refractivity contribution >= 4 is 23.4 Å². The molecule has 0 aromatic heterocycles. The van der Waals surface area contributed by atoms with Gasteiger partial charge in [-0.05, 0) is 80.0 Å². The van der Waals surface area contributed by atoms with Gasteiger partial charge >= 0.3 is 12.1 Å². The number of carbonyl (C=O) groups excluding carboxylic acids is 1. The van der Waals surface area contributed by atoms with Crippen molar-refractivity contribution in [3.8, 4) is 5.75 Å². The van der Waals surface area contributed by atoms with Crippen molar-refractivity contribution in [3.63, 3.8) is 0 Å². The molecule has 1 aliphatic rings. The third-order valence-electron chi connectivity index (χ3n) is 6.42. The predicted molar refractivity (Wildman–Crippen MR) is 131 cm³/mol. The van der Waals surface area contributed by atoms with Gasteiger partial charge in [-0.15, -0.1) is 0 Å². The quantitative estimate of drug-likeness (QED) is 0.258. The van der Waals surface area contributed by atoms with E-state index < -0.39 is 18.0 Å². The second-order valence-electron chi connectivity index (χ2n) is 8.91. The van der Waals surface area contributed by atoms with E-state index in [0.29, 0.717) is 35.7 Å². The van der Waals surface area contributed by atoms with Gasteiger partial charge in [-0.3, -0.25) is 0 Å². The topological polar surface area (TPSA) is 87.6 Å². The first-order valence-electron chi connectivity index (χ1n) is 11.7. The molecule has 0 heterocycles. The molecule has 3 rings (SSSR count). The number of anilines is 2. The summed E-state index contributed by atoms with van der Waals surface area (Å²) in [4.78, 5) is 12.1. The Morgan fingerprint density at radius 2 is 1.82 bits per heavy atom. The summed E-state index contributed by atoms with van der Waals surface area (Å²) in [7, 11) is 0. The van der Waals surface area contributed by atoms with E-state index in [9.17, 15) is 13.6 Å². The molecule has 1 aliphatic carbocycles. The Bertz CT molecular complexity index is 984. The molecule has 1 atom stereocenters. The van der Waals surface area contributed by atoms with Crippen LogP contribution >= 0.6 is 0 Å². The van der Waals surface area contributed by atoms with Gasteiger partial charge < -0.3 is 20.9 Å². The van der Waals surface area contributed by atoms with Crippen molar-refractivity contribution in [2.24, 2.45) is 11.8 Å². The summed E-state index contributed by atoms with van der Waals surface area (Å²) < 4.78 is 39.4. The lowest BCUT2D eigenvalue weighted by atomic mass is 9.80. The molecule has 2 aromatic rings. The van der Waals surface area contributed by atoms with Crippen LogP contribution in [0.3, 0.4) is 0 Å². The minimum atomic E-state index is -3.20. The van der Waals surface area contributed by atoms with Crippen LogP contribution in [0.2, 0.25) is 0 Å². The smallest absolute Gasteiger partial charge is 0.400 e. The fourth-order valence-electron chi connectivity index (χ4n) is 4.24. The van der Waals surface area contributed by atoms with E-state index >= 15 is 0 Å². The molecule has 183 valence electrons. The van der Waals surface area contributed by atoms with Crippen molar-refractivity contribution in [1.29, 1.82) is 0 Å². The van der Waals surface area contributed by atoms with E-state index in [4.69, 9.17) is 20.9 Å². The molecule has 2 aromatic carbocycles. The number of carbonyl (C=O) groups is 1. The van der Waals surface area contributed by atoms with Crippen LogP contribution in [0.4, 0.5) is 20.2 Å². The fraction of sp³-hybridized carbons (Fsp3) is 0.407. The van der Waals surface area contributed by atoms with Crippen molar-refractivity contribution in [2.45, 2.75) is 51.1 Å². The maximum Gasteiger partial charge on any atom is 0.400 e. The number of ether oxygens (including phenoxy) is 2. The Balaban J connectivity index is 1.48. The first kappa shape index (κ1) is 25.5. The summed E-state index contributed by atoms with van der Waals surface area (Å²) in [5.41, 5.74) is 14.1. The van der Waals surface area contributed by atoms with Crippen LogP contribution in [-0.2, 0) is 9.53 Å². The summed E-state index contributed by atoms with van der Waals surface area (Å²) >= 11 is 0. The summed E-state index contributed by atoms with van der Waals surface area (Å²) in [6.07, 6.45) is 3.26. The van der Waals surface area contributed by atoms with Gasteiger partial charge in [0.25, 0.3) is 0 Å². The zero-order valence-electron chi connectivity index (χ0n) is 19.5. The largest absolute Gasteiger partial charge is 0.462 e. The molecule has 1 unspecified atom stereocenters. The molecule has 0 bridgehead atoms. The van der Waals surface area contributed by atoms with Crippen molar-refractivity contribution < 1.29 is 23.0 Å². The van der Waals surface area contributed by atoms with Gasteiger partial charge in [0.05, 0.1) is 12.5 Å². The number of hydrogen-bond acceptors (Lipinski definition) is 5. The van der Waals surface area contributed by atoms with E-state index in [-0.39, 0.29) is 18.3 Å². The third-order valence-corrected chi connectivity index (χ3v) is 6.42. The SMILES string of the molecule is [CH2]C(COC(=O)/C=C/c1ccc(OC(F)(F)C2CCC(CC)CC2)cc1)c1ccc(N)cc1N. The summed E-state index contributed by atoms with van der Waals surface area (Å²) in [5, 5.41) is 0. The number of alkyl halides is 2. The molecule has 0 saturated heterocycles. The summed E-state index contributed by atoms with van der Waals surface area (Å²) in [5.74, 6) is -1.00. The molecule has 4 N–H and O–H groups in total. The molecule has 0 amide bonds. The standard InChI is InChI=1S/C27H33F2N2O3/c1-3-19-4-9-21(10-5-19)27(28,29)34-23-12-6-20(7-13-23)8-15-26(32)33-17-18(2)24-14-11-22(30)16-25(24)31/h6-8,11-16,18-19,21H,2-5,9-10,17,30-31H2,1H3/b15-8+. The monoisotopic (exact) mass is 471 g/mol. The van der Waals surface area contributed by atoms with Gasteiger partial charge in [0, 0.05) is 23.4 Å². The molecule has 0 spiro atoms. The van der Waals surface area contributed by atoms with Gasteiger partial charge in [-0.25, -0.2) is 4.79 Å². The Kier molecular flexibility index (Phi) is 8.53. The lowest BCUT2D eigenvalue weighted by Gasteiger charge is -2.32. The van der Waals surface area contributed by atoms with Gasteiger partial charge in [-0.1, -0.05) is 31.5 Å². The normalized spacial score (nSPS) is 19.6. The molecular formula is C27H33F2N2O3. The van der Waals surface area contributed by atoms with Crippen LogP contribution < -0.4 is 16.2 Å². The minimum Gasteiger partial charge on any atom is -0.462 e. The zero-order valence-corrected chi connectivity index (χ0v) is 19.5. The lowest BCUT2D eigenvalue weighted by molar-refractivity contribution is -0.223. The van der Waals surface area contributed by atoms with Crippen LogP contribution in [0, 0.1) is 18.8 Å². The van der Waals surface area contributed by atoms with Crippen molar-refractivity contribution in [1.82, 2.24) is 0 Å². The van der Waals surface area contributed by atoms with Crippen LogP contribution in [0.15, 0.2) is 48.5 Å². The highest BCUT2D eigenvalue weighted by Crippen LogP contribution is 2.40. The number of halogens is 2. The Labute approximate surface area is 200 Å². The molecule has 1 radical (unpaired) electrons. The molecule has 7 heteroatoms. The van der Waals surface area contributed by atoms with Crippen molar-refractivity contribution in [3.05, 3.63) is 66.6 Å². The lowest BCUT2D eigenvalue weighted by Crippen LogP contribution is -2.37. The van der Waals surface area contributed by atoms with E-state index in [1.807, 2.05) is 0 Å². The van der Waals surface area contributed by atoms with Crippen molar-refractivity contribution in [2.75, 3.05) is 18.1 Å². The van der Waals surface area contributed by atoms with E-state index in [1.54, 1.807) is 36.4 Å². The number of esters is 1. The number of benzene rings is 2. The maximum atomic E-state index is 14.6. The van der Waals surface area contributed by atoms with Crippen LogP contribution in [-0.4, -0.2) is 18.7 Å². The predicted octanol–water partition coefficient (Wildman–Crippen LogP) is 6.21. The highest BCUT2D eigenvalue weighted by atomic mass is 19.3. The molecule has 1 saturated carbocycles. The Morgan fingerprint density at radius 3 is 2.44 bits per heavy atom. The van der Waals surface area contributed by atoms with E-state index in [0.717, 1.165) is 24.8 Å². The number of hydrogen-bond donors (Lipinski definition) is 2. The third kappa shape index (κ3) is 6.95. The summed E-state index contributed by atoms with van der Waals surface area (Å²) in [6, 6.07) is 11.3. The highest BCUT2D eigenvalue weighted by molar-refractivity contribution is 5.87. The second-order valence-corrected chi connectivity index (χ2v) is 8.91. The maximum absolute atomic E-state index is 14.6. The molecule has 0 aliphatic heterocycles. The number of nitrogen functional groups attached to an aromatic ring is 2. The highest BCUT2D eigenvalue weighted by Gasteiger charge is 2.43. The van der Waals surface area contributed by atoms with Crippen LogP contribution in [0.25, 0.3) is 6.08 Å². The van der Waals surface area contributed by atoms with Gasteiger partial charge in [0.15, 0.2) is 0 Å². The molecular weight excluding hydrogens is 438 g/mol. The first-order chi connectivity index (χ1) is 16.2. The Morgan fingerprint density at radius 1 is 1.15 bits per heavy atom. The molecule has 1 fully saturated rings. The molecule has 34 heavy (non-hydrogen) atoms. The fourth-order valence-corrected chi connectivity index (χ4v) is 4.24. The number of nitrogens with two attached hydrogens (primary N) is 2. The average molecular weight is 472 g/mol. The Hall–Kier alpha value is -3.09. The average Bonchev–Trinajstić information content (AvgIpc) is 2.82. The number of rotatable bonds is 9. The van der Waals surface area contributed by atoms with E-state index in [2.05, 4.69) is 13.8 Å².